The highest BCUT2D eigenvalue weighted by molar-refractivity contribution is 5.71. The second-order valence-corrected chi connectivity index (χ2v) is 8.55. The predicted octanol–water partition coefficient (Wildman–Crippen LogP) is 7.40. The maximum atomic E-state index is 5.99. The molecule has 2 aromatic rings. The number of imidazole rings is 1. The molecule has 2 rings (SSSR count). The van der Waals surface area contributed by atoms with Crippen molar-refractivity contribution in [3.8, 4) is 0 Å². The van der Waals surface area contributed by atoms with Crippen molar-refractivity contribution in [1.82, 2.24) is 4.57 Å². The van der Waals surface area contributed by atoms with E-state index in [1.807, 2.05) is 0 Å². The van der Waals surface area contributed by atoms with Gasteiger partial charge in [-0.3, -0.25) is 0 Å². The number of benzene rings is 1. The summed E-state index contributed by atoms with van der Waals surface area (Å²) >= 11 is 0. The van der Waals surface area contributed by atoms with Crippen molar-refractivity contribution in [2.24, 2.45) is 0 Å². The van der Waals surface area contributed by atoms with Gasteiger partial charge in [-0.05, 0) is 25.0 Å². The Morgan fingerprint density at radius 3 is 1.97 bits per heavy atom. The molecular weight excluding hydrogens is 356 g/mol. The van der Waals surface area contributed by atoms with Crippen LogP contribution in [0.4, 0.5) is 0 Å². The molecule has 29 heavy (non-hydrogen) atoms. The third-order valence-electron chi connectivity index (χ3n) is 5.90. The minimum Gasteiger partial charge on any atom is -0.342 e. The van der Waals surface area contributed by atoms with Gasteiger partial charge in [0.25, 0.3) is 0 Å². The first-order valence-corrected chi connectivity index (χ1v) is 12.4. The summed E-state index contributed by atoms with van der Waals surface area (Å²) in [7, 11) is 0. The normalized spacial score (nSPS) is 11.5. The molecule has 1 aromatic heterocycles. The monoisotopic (exact) mass is 401 g/mol. The number of para-hydroxylation sites is 2. The molecule has 0 atom stereocenters. The lowest BCUT2D eigenvalue weighted by atomic mass is 10.1. The van der Waals surface area contributed by atoms with Gasteiger partial charge in [0, 0.05) is 0 Å². The zero-order valence-electron chi connectivity index (χ0n) is 19.2. The molecule has 0 saturated heterocycles. The SMILES string of the molecule is CCCCCCCCCCCCCCOC[n+]1cn(CCCC)c2ccccc21. The zero-order chi connectivity index (χ0) is 20.6. The van der Waals surface area contributed by atoms with Gasteiger partial charge in [0.05, 0.1) is 13.2 Å². The van der Waals surface area contributed by atoms with Crippen LogP contribution < -0.4 is 4.57 Å². The fourth-order valence-corrected chi connectivity index (χ4v) is 4.06. The maximum absolute atomic E-state index is 5.99. The molecular formula is C26H45N2O+. The summed E-state index contributed by atoms with van der Waals surface area (Å²) in [6.07, 6.45) is 21.3. The van der Waals surface area contributed by atoms with Crippen molar-refractivity contribution in [2.45, 2.75) is 117 Å². The number of rotatable bonds is 18. The molecule has 1 heterocycles. The summed E-state index contributed by atoms with van der Waals surface area (Å²) in [5, 5.41) is 0. The lowest BCUT2D eigenvalue weighted by Gasteiger charge is -2.04. The van der Waals surface area contributed by atoms with Gasteiger partial charge in [-0.1, -0.05) is 103 Å². The number of unbranched alkanes of at least 4 members (excludes halogenated alkanes) is 12. The number of nitrogens with zero attached hydrogens (tertiary/aromatic N) is 2. The van der Waals surface area contributed by atoms with E-state index in [1.54, 1.807) is 0 Å². The molecule has 0 aliphatic heterocycles. The van der Waals surface area contributed by atoms with Crippen molar-refractivity contribution >= 4 is 11.0 Å². The van der Waals surface area contributed by atoms with Gasteiger partial charge < -0.3 is 4.74 Å². The topological polar surface area (TPSA) is 18.0 Å². The second-order valence-electron chi connectivity index (χ2n) is 8.55. The number of ether oxygens (including phenoxy) is 1. The summed E-state index contributed by atoms with van der Waals surface area (Å²) in [4.78, 5) is 0. The average molecular weight is 402 g/mol. The van der Waals surface area contributed by atoms with Crippen LogP contribution >= 0.6 is 0 Å². The van der Waals surface area contributed by atoms with E-state index in [0.29, 0.717) is 6.73 Å². The van der Waals surface area contributed by atoms with E-state index in [2.05, 4.69) is 53.6 Å². The van der Waals surface area contributed by atoms with Crippen LogP contribution in [-0.4, -0.2) is 11.2 Å². The first-order valence-electron chi connectivity index (χ1n) is 12.4. The summed E-state index contributed by atoms with van der Waals surface area (Å²) in [6.45, 7) is 7.16. The highest BCUT2D eigenvalue weighted by Crippen LogP contribution is 2.13. The summed E-state index contributed by atoms with van der Waals surface area (Å²) < 4.78 is 10.6. The molecule has 3 nitrogen and oxygen atoms in total. The van der Waals surface area contributed by atoms with E-state index in [-0.39, 0.29) is 0 Å². The van der Waals surface area contributed by atoms with Crippen LogP contribution in [0, 0.1) is 0 Å². The zero-order valence-corrected chi connectivity index (χ0v) is 19.2. The maximum Gasteiger partial charge on any atom is 0.246 e. The summed E-state index contributed by atoms with van der Waals surface area (Å²) in [5.41, 5.74) is 2.59. The highest BCUT2D eigenvalue weighted by atomic mass is 16.5. The Morgan fingerprint density at radius 1 is 0.724 bits per heavy atom. The molecule has 0 saturated carbocycles. The van der Waals surface area contributed by atoms with Crippen LogP contribution in [0.25, 0.3) is 11.0 Å². The number of fused-ring (bicyclic) bond motifs is 1. The van der Waals surface area contributed by atoms with Crippen LogP contribution in [0.15, 0.2) is 30.6 Å². The molecule has 0 N–H and O–H groups in total. The number of aromatic nitrogens is 2. The van der Waals surface area contributed by atoms with Gasteiger partial charge in [0.15, 0.2) is 17.8 Å². The van der Waals surface area contributed by atoms with Crippen molar-refractivity contribution in [2.75, 3.05) is 6.61 Å². The Labute approximate surface area is 179 Å². The molecule has 0 bridgehead atoms. The van der Waals surface area contributed by atoms with E-state index in [9.17, 15) is 0 Å². The lowest BCUT2D eigenvalue weighted by Crippen LogP contribution is -2.34. The van der Waals surface area contributed by atoms with Crippen molar-refractivity contribution < 1.29 is 9.30 Å². The molecule has 0 unspecified atom stereocenters. The lowest BCUT2D eigenvalue weighted by molar-refractivity contribution is -0.710. The fraction of sp³-hybridized carbons (Fsp3) is 0.731. The number of hydrogen-bond acceptors (Lipinski definition) is 1. The predicted molar refractivity (Wildman–Crippen MR) is 124 cm³/mol. The van der Waals surface area contributed by atoms with E-state index in [1.165, 1.54) is 101 Å². The molecule has 0 aliphatic carbocycles. The standard InChI is InChI=1S/C26H45N2O/c1-3-5-7-8-9-10-11-12-13-14-15-18-22-29-24-28-23-27(21-6-4-2)25-19-16-17-20-26(25)28/h16-17,19-20,23H,3-15,18,21-22,24H2,1-2H3/q+1. The van der Waals surface area contributed by atoms with Crippen molar-refractivity contribution in [1.29, 1.82) is 0 Å². The molecule has 0 aliphatic rings. The van der Waals surface area contributed by atoms with Crippen molar-refractivity contribution in [3.05, 3.63) is 30.6 Å². The number of aryl methyl sites for hydroxylation is 1. The fourth-order valence-electron chi connectivity index (χ4n) is 4.06. The average Bonchev–Trinajstić information content (AvgIpc) is 3.10. The van der Waals surface area contributed by atoms with Crippen LogP contribution in [0.5, 0.6) is 0 Å². The Hall–Kier alpha value is -1.35. The minimum atomic E-state index is 0.664. The molecule has 164 valence electrons. The molecule has 0 fully saturated rings. The van der Waals surface area contributed by atoms with E-state index in [4.69, 9.17) is 4.74 Å². The quantitative estimate of drug-likeness (QED) is 0.188. The van der Waals surface area contributed by atoms with Gasteiger partial charge >= 0.3 is 0 Å². The Bertz CT molecular complexity index is 649. The van der Waals surface area contributed by atoms with Gasteiger partial charge in [-0.2, -0.15) is 0 Å². The van der Waals surface area contributed by atoms with Crippen LogP contribution in [0.2, 0.25) is 0 Å². The second kappa shape index (κ2) is 15.5. The van der Waals surface area contributed by atoms with E-state index < -0.39 is 0 Å². The summed E-state index contributed by atoms with van der Waals surface area (Å²) in [6, 6.07) is 8.66. The third-order valence-corrected chi connectivity index (χ3v) is 5.90. The Morgan fingerprint density at radius 2 is 1.31 bits per heavy atom. The first-order chi connectivity index (χ1) is 14.4. The molecule has 1 aromatic carbocycles. The van der Waals surface area contributed by atoms with Gasteiger partial charge in [0.1, 0.15) is 0 Å². The number of hydrogen-bond donors (Lipinski definition) is 0. The van der Waals surface area contributed by atoms with Crippen LogP contribution in [0.1, 0.15) is 104 Å². The highest BCUT2D eigenvalue weighted by Gasteiger charge is 2.14. The molecule has 0 radical (unpaired) electrons. The minimum absolute atomic E-state index is 0.664. The largest absolute Gasteiger partial charge is 0.342 e. The molecule has 0 spiro atoms. The Balaban J connectivity index is 1.52. The third kappa shape index (κ3) is 9.33. The van der Waals surface area contributed by atoms with Gasteiger partial charge in [-0.15, -0.1) is 0 Å². The first kappa shape index (κ1) is 23.9. The molecule has 3 heteroatoms. The van der Waals surface area contributed by atoms with Crippen molar-refractivity contribution in [3.63, 3.8) is 0 Å². The van der Waals surface area contributed by atoms with Gasteiger partial charge in [0.2, 0.25) is 6.33 Å². The van der Waals surface area contributed by atoms with Gasteiger partial charge in [-0.25, -0.2) is 9.13 Å². The van der Waals surface area contributed by atoms with Crippen LogP contribution in [-0.2, 0) is 18.0 Å². The smallest absolute Gasteiger partial charge is 0.246 e. The molecule has 0 amide bonds. The van der Waals surface area contributed by atoms with E-state index >= 15 is 0 Å². The van der Waals surface area contributed by atoms with Crippen LogP contribution in [0.3, 0.4) is 0 Å². The van der Waals surface area contributed by atoms with E-state index in [0.717, 1.165) is 13.2 Å². The summed E-state index contributed by atoms with van der Waals surface area (Å²) in [5.74, 6) is 0. The Kier molecular flexibility index (Phi) is 12.8.